The standard InChI is InChI=1S/C25H38N2O3/c1-2-3-4-5-6-7-8-11-17-27(18-20-30-21-19-28)25(29)26-24-16-12-14-22-13-9-10-15-23(22)24/h9-10,12-16,28H,2-8,11,17-21H2,1H3,(H,26,29). The summed E-state index contributed by atoms with van der Waals surface area (Å²) in [5.41, 5.74) is 0.829. The number of aliphatic hydroxyl groups is 1. The molecule has 2 rings (SSSR count). The lowest BCUT2D eigenvalue weighted by Gasteiger charge is -2.23. The highest BCUT2D eigenvalue weighted by Gasteiger charge is 2.14. The first-order chi connectivity index (χ1) is 14.8. The van der Waals surface area contributed by atoms with Crippen LogP contribution >= 0.6 is 0 Å². The van der Waals surface area contributed by atoms with Crippen LogP contribution in [-0.2, 0) is 4.74 Å². The Bertz CT molecular complexity index is 730. The predicted octanol–water partition coefficient (Wildman–Crippen LogP) is 5.82. The molecule has 0 fully saturated rings. The van der Waals surface area contributed by atoms with Crippen LogP contribution in [0, 0.1) is 0 Å². The van der Waals surface area contributed by atoms with Gasteiger partial charge in [0.15, 0.2) is 0 Å². The summed E-state index contributed by atoms with van der Waals surface area (Å²) in [5, 5.41) is 14.1. The second-order valence-electron chi connectivity index (χ2n) is 7.75. The van der Waals surface area contributed by atoms with Crippen LogP contribution in [0.2, 0.25) is 0 Å². The Labute approximate surface area is 181 Å². The molecular formula is C25H38N2O3. The Morgan fingerprint density at radius 3 is 2.37 bits per heavy atom. The summed E-state index contributed by atoms with van der Waals surface area (Å²) in [6.07, 6.45) is 9.89. The van der Waals surface area contributed by atoms with E-state index in [1.54, 1.807) is 0 Å². The monoisotopic (exact) mass is 414 g/mol. The summed E-state index contributed by atoms with van der Waals surface area (Å²) in [7, 11) is 0. The lowest BCUT2D eigenvalue weighted by molar-refractivity contribution is 0.0797. The maximum absolute atomic E-state index is 13.0. The van der Waals surface area contributed by atoms with Crippen molar-refractivity contribution in [2.75, 3.05) is 38.2 Å². The maximum Gasteiger partial charge on any atom is 0.321 e. The zero-order valence-corrected chi connectivity index (χ0v) is 18.4. The van der Waals surface area contributed by atoms with Crippen LogP contribution in [0.25, 0.3) is 10.8 Å². The van der Waals surface area contributed by atoms with Gasteiger partial charge in [0.05, 0.1) is 25.5 Å². The van der Waals surface area contributed by atoms with Gasteiger partial charge in [-0.2, -0.15) is 0 Å². The fraction of sp³-hybridized carbons (Fsp3) is 0.560. The molecule has 2 aromatic rings. The molecule has 0 aromatic heterocycles. The van der Waals surface area contributed by atoms with Crippen molar-refractivity contribution in [3.05, 3.63) is 42.5 Å². The van der Waals surface area contributed by atoms with Crippen molar-refractivity contribution in [2.45, 2.75) is 58.3 Å². The first kappa shape index (κ1) is 24.2. The summed E-state index contributed by atoms with van der Waals surface area (Å²) < 4.78 is 5.39. The number of urea groups is 1. The molecule has 0 saturated heterocycles. The quantitative estimate of drug-likeness (QED) is 0.361. The van der Waals surface area contributed by atoms with Crippen molar-refractivity contribution in [3.8, 4) is 0 Å². The summed E-state index contributed by atoms with van der Waals surface area (Å²) in [5.74, 6) is 0. The van der Waals surface area contributed by atoms with Crippen LogP contribution in [-0.4, -0.2) is 48.9 Å². The number of anilines is 1. The molecule has 0 saturated carbocycles. The lowest BCUT2D eigenvalue weighted by Crippen LogP contribution is -2.38. The van der Waals surface area contributed by atoms with Crippen molar-refractivity contribution in [2.24, 2.45) is 0 Å². The molecule has 0 heterocycles. The maximum atomic E-state index is 13.0. The molecule has 0 aliphatic heterocycles. The van der Waals surface area contributed by atoms with Gasteiger partial charge < -0.3 is 20.1 Å². The molecule has 2 aromatic carbocycles. The molecule has 5 nitrogen and oxygen atoms in total. The number of carbonyl (C=O) groups is 1. The Morgan fingerprint density at radius 1 is 0.900 bits per heavy atom. The molecule has 5 heteroatoms. The van der Waals surface area contributed by atoms with E-state index in [9.17, 15) is 4.79 Å². The van der Waals surface area contributed by atoms with Crippen LogP contribution in [0.5, 0.6) is 0 Å². The zero-order valence-electron chi connectivity index (χ0n) is 18.4. The van der Waals surface area contributed by atoms with Crippen molar-refractivity contribution >= 4 is 22.5 Å². The van der Waals surface area contributed by atoms with E-state index in [0.717, 1.165) is 29.3 Å². The van der Waals surface area contributed by atoms with E-state index < -0.39 is 0 Å². The third-order valence-electron chi connectivity index (χ3n) is 5.34. The van der Waals surface area contributed by atoms with Gasteiger partial charge in [0.2, 0.25) is 0 Å². The SMILES string of the molecule is CCCCCCCCCCN(CCOCCO)C(=O)Nc1cccc2ccccc12. The van der Waals surface area contributed by atoms with E-state index in [0.29, 0.717) is 26.3 Å². The number of amides is 2. The fourth-order valence-corrected chi connectivity index (χ4v) is 3.62. The average molecular weight is 415 g/mol. The summed E-state index contributed by atoms with van der Waals surface area (Å²) in [6, 6.07) is 13.9. The third kappa shape index (κ3) is 8.72. The third-order valence-corrected chi connectivity index (χ3v) is 5.34. The van der Waals surface area contributed by atoms with Gasteiger partial charge in [0, 0.05) is 18.5 Å². The van der Waals surface area contributed by atoms with Crippen LogP contribution in [0.15, 0.2) is 42.5 Å². The van der Waals surface area contributed by atoms with Crippen molar-refractivity contribution in [1.29, 1.82) is 0 Å². The number of benzene rings is 2. The Morgan fingerprint density at radius 2 is 1.60 bits per heavy atom. The zero-order chi connectivity index (χ0) is 21.4. The van der Waals surface area contributed by atoms with Gasteiger partial charge in [-0.25, -0.2) is 4.79 Å². The van der Waals surface area contributed by atoms with Crippen molar-refractivity contribution < 1.29 is 14.6 Å². The van der Waals surface area contributed by atoms with Crippen LogP contribution in [0.1, 0.15) is 58.3 Å². The summed E-state index contributed by atoms with van der Waals surface area (Å²) in [4.78, 5) is 14.8. The van der Waals surface area contributed by atoms with E-state index >= 15 is 0 Å². The van der Waals surface area contributed by atoms with Crippen LogP contribution in [0.4, 0.5) is 10.5 Å². The largest absolute Gasteiger partial charge is 0.394 e. The highest BCUT2D eigenvalue weighted by molar-refractivity contribution is 6.01. The van der Waals surface area contributed by atoms with Gasteiger partial charge in [-0.05, 0) is 17.9 Å². The summed E-state index contributed by atoms with van der Waals surface area (Å²) >= 11 is 0. The number of aliphatic hydroxyl groups excluding tert-OH is 1. The number of rotatable bonds is 15. The number of nitrogens with one attached hydrogen (secondary N) is 1. The van der Waals surface area contributed by atoms with E-state index in [1.165, 1.54) is 38.5 Å². The fourth-order valence-electron chi connectivity index (χ4n) is 3.62. The molecule has 0 atom stereocenters. The first-order valence-electron chi connectivity index (χ1n) is 11.5. The minimum absolute atomic E-state index is 0.000231. The van der Waals surface area contributed by atoms with Gasteiger partial charge in [-0.1, -0.05) is 88.3 Å². The molecule has 0 bridgehead atoms. The second kappa shape index (κ2) is 14.8. The number of fused-ring (bicyclic) bond motifs is 1. The number of unbranched alkanes of at least 4 members (excludes halogenated alkanes) is 7. The Balaban J connectivity index is 1.86. The Hall–Kier alpha value is -2.11. The predicted molar refractivity (Wildman–Crippen MR) is 125 cm³/mol. The molecule has 0 aliphatic carbocycles. The highest BCUT2D eigenvalue weighted by atomic mass is 16.5. The smallest absolute Gasteiger partial charge is 0.321 e. The molecular weight excluding hydrogens is 376 g/mol. The minimum atomic E-state index is -0.0955. The molecule has 166 valence electrons. The molecule has 0 unspecified atom stereocenters. The highest BCUT2D eigenvalue weighted by Crippen LogP contribution is 2.23. The molecule has 0 spiro atoms. The van der Waals surface area contributed by atoms with Gasteiger partial charge in [-0.3, -0.25) is 0 Å². The number of ether oxygens (including phenoxy) is 1. The molecule has 0 aliphatic rings. The second-order valence-corrected chi connectivity index (χ2v) is 7.75. The van der Waals surface area contributed by atoms with Gasteiger partial charge in [0.1, 0.15) is 0 Å². The van der Waals surface area contributed by atoms with E-state index in [4.69, 9.17) is 9.84 Å². The normalized spacial score (nSPS) is 11.0. The first-order valence-corrected chi connectivity index (χ1v) is 11.5. The molecule has 30 heavy (non-hydrogen) atoms. The van der Waals surface area contributed by atoms with Gasteiger partial charge in [-0.15, -0.1) is 0 Å². The van der Waals surface area contributed by atoms with E-state index in [2.05, 4.69) is 12.2 Å². The van der Waals surface area contributed by atoms with Gasteiger partial charge >= 0.3 is 6.03 Å². The molecule has 2 amide bonds. The molecule has 0 radical (unpaired) electrons. The van der Waals surface area contributed by atoms with Gasteiger partial charge in [0.25, 0.3) is 0 Å². The minimum Gasteiger partial charge on any atom is -0.394 e. The Kier molecular flexibility index (Phi) is 11.9. The summed E-state index contributed by atoms with van der Waals surface area (Å²) in [6.45, 7) is 4.21. The van der Waals surface area contributed by atoms with Crippen molar-refractivity contribution in [1.82, 2.24) is 4.90 Å². The topological polar surface area (TPSA) is 61.8 Å². The van der Waals surface area contributed by atoms with Crippen LogP contribution < -0.4 is 5.32 Å². The number of carbonyl (C=O) groups excluding carboxylic acids is 1. The number of nitrogens with zero attached hydrogens (tertiary/aromatic N) is 1. The van der Waals surface area contributed by atoms with Crippen molar-refractivity contribution in [3.63, 3.8) is 0 Å². The number of hydrogen-bond acceptors (Lipinski definition) is 3. The molecule has 2 N–H and O–H groups in total. The average Bonchev–Trinajstić information content (AvgIpc) is 2.77. The lowest BCUT2D eigenvalue weighted by atomic mass is 10.1. The number of hydrogen-bond donors (Lipinski definition) is 2. The van der Waals surface area contributed by atoms with E-state index in [1.807, 2.05) is 47.4 Å². The van der Waals surface area contributed by atoms with Crippen LogP contribution in [0.3, 0.4) is 0 Å². The van der Waals surface area contributed by atoms with E-state index in [-0.39, 0.29) is 12.6 Å².